The van der Waals surface area contributed by atoms with E-state index in [9.17, 15) is 9.18 Å². The molecule has 0 saturated carbocycles. The van der Waals surface area contributed by atoms with Gasteiger partial charge in [0.25, 0.3) is 5.91 Å². The Morgan fingerprint density at radius 3 is 2.63 bits per heavy atom. The molecule has 6 heteroatoms. The average molecular weight is 260 g/mol. The second kappa shape index (κ2) is 5.45. The van der Waals surface area contributed by atoms with E-state index in [1.807, 2.05) is 6.07 Å². The summed E-state index contributed by atoms with van der Waals surface area (Å²) in [7, 11) is 1.58. The summed E-state index contributed by atoms with van der Waals surface area (Å²) in [5.41, 5.74) is 2.70. The minimum absolute atomic E-state index is 0.0886. The molecule has 0 unspecified atom stereocenters. The number of hydrazine groups is 1. The first-order valence-corrected chi connectivity index (χ1v) is 5.59. The number of aromatic nitrogens is 1. The topological polar surface area (TPSA) is 71.2 Å². The number of carbonyl (C=O) groups is 1. The standard InChI is InChI=1S/C13H13FN4O/c1-18(9-5-3-2-4-6-9)13(19)10-7-8-16-12(17-15)11(10)14/h2-8H,15H2,1H3,(H,16,17). The van der Waals surface area contributed by atoms with Crippen molar-refractivity contribution in [1.82, 2.24) is 4.98 Å². The highest BCUT2D eigenvalue weighted by atomic mass is 19.1. The summed E-state index contributed by atoms with van der Waals surface area (Å²) in [5, 5.41) is 0. The first-order chi connectivity index (χ1) is 9.15. The fourth-order valence-electron chi connectivity index (χ4n) is 1.66. The van der Waals surface area contributed by atoms with Crippen LogP contribution < -0.4 is 16.2 Å². The number of nitrogen functional groups attached to an aromatic ring is 1. The highest BCUT2D eigenvalue weighted by Gasteiger charge is 2.19. The van der Waals surface area contributed by atoms with Crippen LogP contribution in [0.4, 0.5) is 15.9 Å². The quantitative estimate of drug-likeness (QED) is 0.652. The zero-order valence-electron chi connectivity index (χ0n) is 10.3. The minimum atomic E-state index is -0.766. The third-order valence-electron chi connectivity index (χ3n) is 2.70. The maximum atomic E-state index is 13.9. The summed E-state index contributed by atoms with van der Waals surface area (Å²) in [6, 6.07) is 10.3. The van der Waals surface area contributed by atoms with Crippen molar-refractivity contribution in [3.63, 3.8) is 0 Å². The van der Waals surface area contributed by atoms with Crippen LogP contribution in [0.5, 0.6) is 0 Å². The van der Waals surface area contributed by atoms with E-state index in [4.69, 9.17) is 5.84 Å². The number of anilines is 2. The highest BCUT2D eigenvalue weighted by molar-refractivity contribution is 6.06. The molecule has 1 amide bonds. The maximum Gasteiger partial charge on any atom is 0.261 e. The summed E-state index contributed by atoms with van der Waals surface area (Å²) < 4.78 is 13.9. The van der Waals surface area contributed by atoms with Gasteiger partial charge in [0, 0.05) is 18.9 Å². The van der Waals surface area contributed by atoms with Crippen LogP contribution in [0.15, 0.2) is 42.6 Å². The van der Waals surface area contributed by atoms with E-state index < -0.39 is 11.7 Å². The minimum Gasteiger partial charge on any atom is -0.311 e. The van der Waals surface area contributed by atoms with Gasteiger partial charge in [0.05, 0.1) is 5.56 Å². The molecule has 19 heavy (non-hydrogen) atoms. The molecule has 0 aliphatic carbocycles. The van der Waals surface area contributed by atoms with Crippen molar-refractivity contribution in [3.05, 3.63) is 54.0 Å². The molecular formula is C13H13FN4O. The second-order valence-electron chi connectivity index (χ2n) is 3.87. The summed E-state index contributed by atoms with van der Waals surface area (Å²) >= 11 is 0. The van der Waals surface area contributed by atoms with Gasteiger partial charge in [-0.2, -0.15) is 0 Å². The van der Waals surface area contributed by atoms with Gasteiger partial charge in [0.1, 0.15) is 0 Å². The molecule has 0 aliphatic rings. The zero-order chi connectivity index (χ0) is 13.8. The van der Waals surface area contributed by atoms with Crippen molar-refractivity contribution in [3.8, 4) is 0 Å². The molecule has 1 aromatic carbocycles. The predicted octanol–water partition coefficient (Wildman–Crippen LogP) is 1.78. The molecule has 5 nitrogen and oxygen atoms in total. The average Bonchev–Trinajstić information content (AvgIpc) is 2.47. The van der Waals surface area contributed by atoms with Crippen molar-refractivity contribution in [2.24, 2.45) is 5.84 Å². The number of para-hydroxylation sites is 1. The van der Waals surface area contributed by atoms with E-state index >= 15 is 0 Å². The van der Waals surface area contributed by atoms with Gasteiger partial charge in [-0.1, -0.05) is 18.2 Å². The fraction of sp³-hybridized carbons (Fsp3) is 0.0769. The van der Waals surface area contributed by atoms with Gasteiger partial charge in [-0.25, -0.2) is 15.2 Å². The Morgan fingerprint density at radius 1 is 1.32 bits per heavy atom. The Bertz CT molecular complexity index is 588. The van der Waals surface area contributed by atoms with Gasteiger partial charge in [-0.05, 0) is 18.2 Å². The number of nitrogens with one attached hydrogen (secondary N) is 1. The molecule has 0 bridgehead atoms. The van der Waals surface area contributed by atoms with Gasteiger partial charge in [0.2, 0.25) is 0 Å². The van der Waals surface area contributed by atoms with Crippen LogP contribution in [-0.4, -0.2) is 17.9 Å². The third-order valence-corrected chi connectivity index (χ3v) is 2.70. The SMILES string of the molecule is CN(C(=O)c1ccnc(NN)c1F)c1ccccc1. The van der Waals surface area contributed by atoms with E-state index in [0.717, 1.165) is 0 Å². The van der Waals surface area contributed by atoms with E-state index in [1.54, 1.807) is 31.3 Å². The van der Waals surface area contributed by atoms with E-state index in [2.05, 4.69) is 10.4 Å². The molecule has 0 spiro atoms. The first kappa shape index (κ1) is 13.0. The van der Waals surface area contributed by atoms with E-state index in [0.29, 0.717) is 5.69 Å². The summed E-state index contributed by atoms with van der Waals surface area (Å²) in [6.45, 7) is 0. The number of pyridine rings is 1. The first-order valence-electron chi connectivity index (χ1n) is 5.59. The monoisotopic (exact) mass is 260 g/mol. The van der Waals surface area contributed by atoms with Crippen molar-refractivity contribution < 1.29 is 9.18 Å². The largest absolute Gasteiger partial charge is 0.311 e. The molecule has 0 radical (unpaired) electrons. The highest BCUT2D eigenvalue weighted by Crippen LogP contribution is 2.19. The Morgan fingerprint density at radius 2 is 2.00 bits per heavy atom. The van der Waals surface area contributed by atoms with Crippen LogP contribution in [0, 0.1) is 5.82 Å². The van der Waals surface area contributed by atoms with Crippen molar-refractivity contribution >= 4 is 17.4 Å². The molecule has 1 heterocycles. The molecule has 2 aromatic rings. The lowest BCUT2D eigenvalue weighted by Crippen LogP contribution is -2.27. The molecule has 2 rings (SSSR count). The normalized spacial score (nSPS) is 10.1. The van der Waals surface area contributed by atoms with Crippen LogP contribution in [0.2, 0.25) is 0 Å². The molecule has 1 aromatic heterocycles. The van der Waals surface area contributed by atoms with Gasteiger partial charge >= 0.3 is 0 Å². The Hall–Kier alpha value is -2.47. The summed E-state index contributed by atoms with van der Waals surface area (Å²) in [4.78, 5) is 17.3. The maximum absolute atomic E-state index is 13.9. The van der Waals surface area contributed by atoms with Crippen LogP contribution in [0.1, 0.15) is 10.4 Å². The van der Waals surface area contributed by atoms with Gasteiger partial charge in [-0.3, -0.25) is 4.79 Å². The molecular weight excluding hydrogens is 247 g/mol. The number of halogens is 1. The Kier molecular flexibility index (Phi) is 3.72. The number of amides is 1. The Labute approximate surface area is 109 Å². The number of benzene rings is 1. The molecule has 0 atom stereocenters. The van der Waals surface area contributed by atoms with E-state index in [1.165, 1.54) is 17.2 Å². The molecule has 0 aliphatic heterocycles. The van der Waals surface area contributed by atoms with Crippen LogP contribution in [0.3, 0.4) is 0 Å². The third kappa shape index (κ3) is 2.53. The van der Waals surface area contributed by atoms with Crippen molar-refractivity contribution in [2.75, 3.05) is 17.4 Å². The smallest absolute Gasteiger partial charge is 0.261 e. The molecule has 0 saturated heterocycles. The number of hydrogen-bond acceptors (Lipinski definition) is 4. The predicted molar refractivity (Wildman–Crippen MR) is 71.2 cm³/mol. The summed E-state index contributed by atoms with van der Waals surface area (Å²) in [5.74, 6) is 3.73. The van der Waals surface area contributed by atoms with Crippen molar-refractivity contribution in [1.29, 1.82) is 0 Å². The van der Waals surface area contributed by atoms with Crippen molar-refractivity contribution in [2.45, 2.75) is 0 Å². The van der Waals surface area contributed by atoms with Crippen LogP contribution in [-0.2, 0) is 0 Å². The van der Waals surface area contributed by atoms with Gasteiger partial charge < -0.3 is 10.3 Å². The van der Waals surface area contributed by atoms with E-state index in [-0.39, 0.29) is 11.4 Å². The van der Waals surface area contributed by atoms with Crippen LogP contribution >= 0.6 is 0 Å². The Balaban J connectivity index is 2.35. The number of carbonyl (C=O) groups excluding carboxylic acids is 1. The summed E-state index contributed by atoms with van der Waals surface area (Å²) in [6.07, 6.45) is 1.32. The molecule has 3 N–H and O–H groups in total. The molecule has 98 valence electrons. The zero-order valence-corrected chi connectivity index (χ0v) is 10.3. The molecule has 0 fully saturated rings. The second-order valence-corrected chi connectivity index (χ2v) is 3.87. The number of nitrogens with zero attached hydrogens (tertiary/aromatic N) is 2. The number of nitrogens with two attached hydrogens (primary N) is 1. The lowest BCUT2D eigenvalue weighted by Gasteiger charge is -2.18. The van der Waals surface area contributed by atoms with Crippen LogP contribution in [0.25, 0.3) is 0 Å². The number of rotatable bonds is 3. The van der Waals surface area contributed by atoms with Gasteiger partial charge in [-0.15, -0.1) is 0 Å². The lowest BCUT2D eigenvalue weighted by atomic mass is 10.2. The fourth-order valence-corrected chi connectivity index (χ4v) is 1.66. The lowest BCUT2D eigenvalue weighted by molar-refractivity contribution is 0.0989. The van der Waals surface area contributed by atoms with Gasteiger partial charge in [0.15, 0.2) is 11.6 Å². The number of hydrogen-bond donors (Lipinski definition) is 2.